The molecule has 1 aromatic heterocycles. The van der Waals surface area contributed by atoms with Crippen LogP contribution in [0.15, 0.2) is 76.9 Å². The number of piperidine rings is 1. The molecule has 160 valence electrons. The van der Waals surface area contributed by atoms with Gasteiger partial charge in [0, 0.05) is 36.9 Å². The van der Waals surface area contributed by atoms with Crippen molar-refractivity contribution in [3.8, 4) is 5.75 Å². The molecule has 31 heavy (non-hydrogen) atoms. The van der Waals surface area contributed by atoms with Gasteiger partial charge in [0.25, 0.3) is 0 Å². The Bertz CT molecular complexity index is 1020. The van der Waals surface area contributed by atoms with E-state index in [9.17, 15) is 4.79 Å². The number of rotatable bonds is 7. The molecular weight excluding hydrogens is 408 g/mol. The molecule has 1 amide bonds. The lowest BCUT2D eigenvalue weighted by Crippen LogP contribution is -2.43. The molecule has 1 saturated heterocycles. The predicted molar refractivity (Wildman–Crippen MR) is 122 cm³/mol. The molecule has 0 aliphatic carbocycles. The topological polar surface area (TPSA) is 67.3 Å². The summed E-state index contributed by atoms with van der Waals surface area (Å²) in [5.74, 6) is 1.65. The van der Waals surface area contributed by atoms with Gasteiger partial charge >= 0.3 is 0 Å². The van der Waals surface area contributed by atoms with E-state index in [0.29, 0.717) is 13.1 Å². The first kappa shape index (κ1) is 21.2. The largest absolute Gasteiger partial charge is 0.497 e. The van der Waals surface area contributed by atoms with Gasteiger partial charge in [-0.15, -0.1) is 0 Å². The number of nitrogens with one attached hydrogen (secondary N) is 1. The Morgan fingerprint density at radius 2 is 2.00 bits per heavy atom. The van der Waals surface area contributed by atoms with E-state index in [1.165, 1.54) is 0 Å². The van der Waals surface area contributed by atoms with Crippen LogP contribution in [-0.4, -0.2) is 36.1 Å². The molecule has 0 radical (unpaired) electrons. The molecule has 1 aliphatic heterocycles. The highest BCUT2D eigenvalue weighted by molar-refractivity contribution is 7.99. The van der Waals surface area contributed by atoms with Gasteiger partial charge in [0.2, 0.25) is 5.91 Å². The van der Waals surface area contributed by atoms with Crippen molar-refractivity contribution in [3.63, 3.8) is 0 Å². The van der Waals surface area contributed by atoms with Crippen LogP contribution < -0.4 is 15.0 Å². The number of carbonyl (C=O) groups excluding carboxylic acids is 1. The highest BCUT2D eigenvalue weighted by Crippen LogP contribution is 2.33. The molecule has 7 heteroatoms. The van der Waals surface area contributed by atoms with Crippen LogP contribution in [0, 0.1) is 5.92 Å². The van der Waals surface area contributed by atoms with Crippen molar-refractivity contribution in [1.82, 2.24) is 15.3 Å². The second-order valence-electron chi connectivity index (χ2n) is 7.45. The second-order valence-corrected chi connectivity index (χ2v) is 8.52. The number of aromatic nitrogens is 2. The lowest BCUT2D eigenvalue weighted by Gasteiger charge is -2.33. The number of hydrogen-bond acceptors (Lipinski definition) is 6. The summed E-state index contributed by atoms with van der Waals surface area (Å²) in [4.78, 5) is 25.3. The van der Waals surface area contributed by atoms with E-state index in [1.807, 2.05) is 42.5 Å². The fourth-order valence-corrected chi connectivity index (χ4v) is 4.61. The van der Waals surface area contributed by atoms with E-state index in [1.54, 1.807) is 31.3 Å². The molecule has 4 rings (SSSR count). The van der Waals surface area contributed by atoms with E-state index in [4.69, 9.17) is 4.74 Å². The summed E-state index contributed by atoms with van der Waals surface area (Å²) in [7, 11) is 1.64. The number of nitrogens with zero attached hydrogens (tertiary/aromatic N) is 3. The van der Waals surface area contributed by atoms with Crippen LogP contribution in [0.5, 0.6) is 5.75 Å². The van der Waals surface area contributed by atoms with Crippen LogP contribution in [0.2, 0.25) is 0 Å². The molecule has 0 bridgehead atoms. The number of methoxy groups -OCH3 is 1. The van der Waals surface area contributed by atoms with Crippen molar-refractivity contribution in [2.24, 2.45) is 5.92 Å². The second kappa shape index (κ2) is 10.3. The summed E-state index contributed by atoms with van der Waals surface area (Å²) in [6, 6.07) is 17.9. The Kier molecular flexibility index (Phi) is 7.04. The van der Waals surface area contributed by atoms with Crippen LogP contribution >= 0.6 is 11.8 Å². The van der Waals surface area contributed by atoms with Gasteiger partial charge in [0.1, 0.15) is 10.8 Å². The zero-order chi connectivity index (χ0) is 21.5. The Labute approximate surface area is 187 Å². The maximum atomic E-state index is 12.9. The third-order valence-electron chi connectivity index (χ3n) is 5.30. The van der Waals surface area contributed by atoms with E-state index in [2.05, 4.69) is 32.3 Å². The Morgan fingerprint density at radius 1 is 1.16 bits per heavy atom. The third-order valence-corrected chi connectivity index (χ3v) is 6.29. The molecule has 3 aromatic rings. The molecule has 2 heterocycles. The van der Waals surface area contributed by atoms with Gasteiger partial charge in [-0.3, -0.25) is 4.79 Å². The molecule has 1 atom stereocenters. The van der Waals surface area contributed by atoms with E-state index in [-0.39, 0.29) is 11.8 Å². The quantitative estimate of drug-likeness (QED) is 0.602. The fraction of sp³-hybridized carbons (Fsp3) is 0.292. The average molecular weight is 435 g/mol. The smallest absolute Gasteiger partial charge is 0.225 e. The maximum absolute atomic E-state index is 12.9. The van der Waals surface area contributed by atoms with Gasteiger partial charge in [-0.1, -0.05) is 42.1 Å². The van der Waals surface area contributed by atoms with Crippen molar-refractivity contribution in [1.29, 1.82) is 0 Å². The van der Waals surface area contributed by atoms with Crippen molar-refractivity contribution >= 4 is 23.5 Å². The van der Waals surface area contributed by atoms with Crippen molar-refractivity contribution < 1.29 is 9.53 Å². The minimum Gasteiger partial charge on any atom is -0.497 e. The first-order valence-corrected chi connectivity index (χ1v) is 11.2. The summed E-state index contributed by atoms with van der Waals surface area (Å²) >= 11 is 1.60. The summed E-state index contributed by atoms with van der Waals surface area (Å²) in [5, 5.41) is 3.95. The molecule has 1 N–H and O–H groups in total. The lowest BCUT2D eigenvalue weighted by molar-refractivity contribution is -0.125. The normalized spacial score (nSPS) is 16.0. The number of ether oxygens (including phenoxy) is 1. The highest BCUT2D eigenvalue weighted by Gasteiger charge is 2.28. The first-order valence-electron chi connectivity index (χ1n) is 10.4. The molecule has 6 nitrogen and oxygen atoms in total. The van der Waals surface area contributed by atoms with Gasteiger partial charge in [0.05, 0.1) is 13.0 Å². The van der Waals surface area contributed by atoms with Crippen molar-refractivity contribution in [3.05, 3.63) is 72.6 Å². The van der Waals surface area contributed by atoms with Crippen LogP contribution in [-0.2, 0) is 11.3 Å². The van der Waals surface area contributed by atoms with Gasteiger partial charge in [0.15, 0.2) is 5.82 Å². The zero-order valence-corrected chi connectivity index (χ0v) is 18.3. The zero-order valence-electron chi connectivity index (χ0n) is 17.5. The number of carbonyl (C=O) groups is 1. The Hall–Kier alpha value is -3.06. The molecule has 0 spiro atoms. The fourth-order valence-electron chi connectivity index (χ4n) is 3.71. The van der Waals surface area contributed by atoms with Crippen LogP contribution in [0.25, 0.3) is 0 Å². The van der Waals surface area contributed by atoms with Crippen LogP contribution in [0.3, 0.4) is 0 Å². The third kappa shape index (κ3) is 5.55. The van der Waals surface area contributed by atoms with Crippen molar-refractivity contribution in [2.45, 2.75) is 29.3 Å². The van der Waals surface area contributed by atoms with Crippen molar-refractivity contribution in [2.75, 3.05) is 25.1 Å². The van der Waals surface area contributed by atoms with Crippen LogP contribution in [0.4, 0.5) is 5.82 Å². The standard InChI is InChI=1S/C24H26N4O2S/c1-30-20-9-5-7-18(15-20)16-27-23(29)19-8-6-14-28(17-19)22-24(26-13-12-25-22)31-21-10-3-2-4-11-21/h2-5,7,9-13,15,19H,6,8,14,16-17H2,1H3,(H,27,29)/t19-/m1/s1. The maximum Gasteiger partial charge on any atom is 0.225 e. The number of anilines is 1. The highest BCUT2D eigenvalue weighted by atomic mass is 32.2. The van der Waals surface area contributed by atoms with Gasteiger partial charge in [-0.25, -0.2) is 9.97 Å². The summed E-state index contributed by atoms with van der Waals surface area (Å²) in [6.45, 7) is 2.01. The van der Waals surface area contributed by atoms with E-state index < -0.39 is 0 Å². The summed E-state index contributed by atoms with van der Waals surface area (Å²) < 4.78 is 5.26. The SMILES string of the molecule is COc1cccc(CNC(=O)[C@@H]2CCCN(c3nccnc3Sc3ccccc3)C2)c1. The Morgan fingerprint density at radius 3 is 2.84 bits per heavy atom. The molecule has 0 unspecified atom stereocenters. The summed E-state index contributed by atoms with van der Waals surface area (Å²) in [5.41, 5.74) is 1.02. The van der Waals surface area contributed by atoms with E-state index >= 15 is 0 Å². The molecule has 1 aliphatic rings. The minimum atomic E-state index is -0.0732. The Balaban J connectivity index is 1.41. The average Bonchev–Trinajstić information content (AvgIpc) is 2.84. The van der Waals surface area contributed by atoms with Crippen LogP contribution in [0.1, 0.15) is 18.4 Å². The number of hydrogen-bond donors (Lipinski definition) is 1. The van der Waals surface area contributed by atoms with Gasteiger partial charge < -0.3 is 15.0 Å². The summed E-state index contributed by atoms with van der Waals surface area (Å²) in [6.07, 6.45) is 5.26. The number of benzene rings is 2. The molecule has 1 fully saturated rings. The number of amides is 1. The van der Waals surface area contributed by atoms with Gasteiger partial charge in [-0.2, -0.15) is 0 Å². The van der Waals surface area contributed by atoms with E-state index in [0.717, 1.165) is 46.4 Å². The first-order chi connectivity index (χ1) is 15.2. The molecular formula is C24H26N4O2S. The molecule has 2 aromatic carbocycles. The molecule has 0 saturated carbocycles. The lowest BCUT2D eigenvalue weighted by atomic mass is 9.97. The monoisotopic (exact) mass is 434 g/mol. The predicted octanol–water partition coefficient (Wildman–Crippen LogP) is 4.17. The van der Waals surface area contributed by atoms with Gasteiger partial charge in [-0.05, 0) is 42.7 Å². The minimum absolute atomic E-state index is 0.0732.